The first-order chi connectivity index (χ1) is 13.4. The van der Waals surface area contributed by atoms with Gasteiger partial charge < -0.3 is 0 Å². The molecule has 0 radical (unpaired) electrons. The van der Waals surface area contributed by atoms with E-state index in [9.17, 15) is 13.2 Å². The highest BCUT2D eigenvalue weighted by molar-refractivity contribution is 7.90. The molecule has 7 nitrogen and oxygen atoms in total. The van der Waals surface area contributed by atoms with Gasteiger partial charge in [0.1, 0.15) is 12.2 Å². The van der Waals surface area contributed by atoms with Crippen LogP contribution in [-0.4, -0.2) is 35.1 Å². The van der Waals surface area contributed by atoms with E-state index in [-0.39, 0.29) is 17.1 Å². The summed E-state index contributed by atoms with van der Waals surface area (Å²) in [5.41, 5.74) is 2.40. The number of nitrogens with zero attached hydrogens (tertiary/aromatic N) is 3. The molecule has 1 unspecified atom stereocenters. The number of aromatic nitrogens is 3. The van der Waals surface area contributed by atoms with Gasteiger partial charge in [-0.1, -0.05) is 42.0 Å². The number of rotatable bonds is 4. The number of H-pyrrole nitrogens is 1. The van der Waals surface area contributed by atoms with Crippen LogP contribution in [-0.2, 0) is 16.4 Å². The van der Waals surface area contributed by atoms with Gasteiger partial charge in [-0.3, -0.25) is 9.89 Å². The van der Waals surface area contributed by atoms with Crippen LogP contribution in [0.4, 0.5) is 0 Å². The summed E-state index contributed by atoms with van der Waals surface area (Å²) in [5.74, 6) is 0.0898. The normalized spacial score (nSPS) is 18.2. The number of benzene rings is 2. The van der Waals surface area contributed by atoms with Crippen molar-refractivity contribution in [1.29, 1.82) is 0 Å². The molecule has 1 aromatic heterocycles. The molecule has 3 aromatic rings. The van der Waals surface area contributed by atoms with Crippen molar-refractivity contribution >= 4 is 21.5 Å². The molecule has 4 rings (SSSR count). The van der Waals surface area contributed by atoms with Crippen LogP contribution in [0, 0.1) is 12.8 Å². The van der Waals surface area contributed by atoms with Crippen LogP contribution in [0.3, 0.4) is 0 Å². The summed E-state index contributed by atoms with van der Waals surface area (Å²) in [4.78, 5) is 17.1. The number of hydrogen-bond donors (Lipinski definition) is 1. The summed E-state index contributed by atoms with van der Waals surface area (Å²) < 4.78 is 29.8. The largest absolute Gasteiger partial charge is 0.294 e. The van der Waals surface area contributed by atoms with E-state index in [1.54, 1.807) is 48.5 Å². The zero-order chi connectivity index (χ0) is 19.7. The first-order valence-corrected chi connectivity index (χ1v) is 10.3. The number of ketones is 1. The lowest BCUT2D eigenvalue weighted by molar-refractivity contribution is 0.0917. The molecule has 8 heteroatoms. The van der Waals surface area contributed by atoms with Crippen molar-refractivity contribution in [3.63, 3.8) is 0 Å². The zero-order valence-corrected chi connectivity index (χ0v) is 16.0. The number of nitrogens with one attached hydrogen (secondary N) is 1. The van der Waals surface area contributed by atoms with Gasteiger partial charge in [0.15, 0.2) is 5.78 Å². The molecule has 0 bridgehead atoms. The van der Waals surface area contributed by atoms with Gasteiger partial charge in [0.25, 0.3) is 10.0 Å². The van der Waals surface area contributed by atoms with E-state index in [0.29, 0.717) is 29.1 Å². The SMILES string of the molecule is Cc1ccc(S(=O)(=O)N=C2CC(Cc3ncn[nH]3)C(=O)c3ccccc32)cc1. The van der Waals surface area contributed by atoms with Crippen LogP contribution in [0.2, 0.25) is 0 Å². The van der Waals surface area contributed by atoms with Gasteiger partial charge in [-0.15, -0.1) is 0 Å². The maximum Gasteiger partial charge on any atom is 0.282 e. The smallest absolute Gasteiger partial charge is 0.282 e. The predicted octanol–water partition coefficient (Wildman–Crippen LogP) is 2.74. The third kappa shape index (κ3) is 3.50. The van der Waals surface area contributed by atoms with Gasteiger partial charge in [-0.2, -0.15) is 17.9 Å². The highest BCUT2D eigenvalue weighted by Crippen LogP contribution is 2.29. The van der Waals surface area contributed by atoms with Gasteiger partial charge in [-0.05, 0) is 19.1 Å². The molecular formula is C20H18N4O3S. The Hall–Kier alpha value is -3.13. The lowest BCUT2D eigenvalue weighted by atomic mass is 9.80. The Balaban J connectivity index is 1.76. The van der Waals surface area contributed by atoms with Crippen molar-refractivity contribution in [3.8, 4) is 0 Å². The molecule has 0 spiro atoms. The maximum atomic E-state index is 12.9. The van der Waals surface area contributed by atoms with Crippen LogP contribution in [0.25, 0.3) is 0 Å². The first-order valence-electron chi connectivity index (χ1n) is 8.82. The molecule has 1 N–H and O–H groups in total. The fraction of sp³-hybridized carbons (Fsp3) is 0.200. The Bertz CT molecular complexity index is 1150. The number of hydrogen-bond acceptors (Lipinski definition) is 5. The van der Waals surface area contributed by atoms with Gasteiger partial charge in [0.05, 0.1) is 10.6 Å². The molecule has 28 heavy (non-hydrogen) atoms. The molecular weight excluding hydrogens is 376 g/mol. The van der Waals surface area contributed by atoms with E-state index in [4.69, 9.17) is 0 Å². The first kappa shape index (κ1) is 18.2. The summed E-state index contributed by atoms with van der Waals surface area (Å²) in [6.45, 7) is 1.89. The standard InChI is InChI=1S/C20H18N4O3S/c1-13-6-8-15(9-7-13)28(26,27)24-18-10-14(11-19-21-12-22-23-19)20(25)17-5-3-2-4-16(17)18/h2-9,12,14H,10-11H2,1H3,(H,21,22,23). The molecule has 2 aromatic carbocycles. The van der Waals surface area contributed by atoms with E-state index >= 15 is 0 Å². The summed E-state index contributed by atoms with van der Waals surface area (Å²) in [7, 11) is -3.88. The number of aryl methyl sites for hydroxylation is 1. The number of carbonyl (C=O) groups is 1. The maximum absolute atomic E-state index is 12.9. The summed E-state index contributed by atoms with van der Waals surface area (Å²) in [6.07, 6.45) is 1.95. The van der Waals surface area contributed by atoms with Crippen molar-refractivity contribution in [3.05, 3.63) is 77.4 Å². The lowest BCUT2D eigenvalue weighted by Crippen LogP contribution is -2.29. The second-order valence-corrected chi connectivity index (χ2v) is 8.38. The Morgan fingerprint density at radius 3 is 2.50 bits per heavy atom. The molecule has 1 aliphatic rings. The molecule has 1 aliphatic carbocycles. The Morgan fingerprint density at radius 1 is 1.11 bits per heavy atom. The quantitative estimate of drug-likeness (QED) is 0.732. The molecule has 1 atom stereocenters. The monoisotopic (exact) mass is 394 g/mol. The Labute approximate surface area is 162 Å². The van der Waals surface area contributed by atoms with E-state index in [0.717, 1.165) is 5.56 Å². The molecule has 1 heterocycles. The predicted molar refractivity (Wildman–Crippen MR) is 104 cm³/mol. The number of carbonyl (C=O) groups excluding carboxylic acids is 1. The van der Waals surface area contributed by atoms with Gasteiger partial charge in [0, 0.05) is 29.9 Å². The minimum atomic E-state index is -3.88. The number of sulfonamides is 1. The fourth-order valence-corrected chi connectivity index (χ4v) is 4.38. The third-order valence-electron chi connectivity index (χ3n) is 4.77. The minimum Gasteiger partial charge on any atom is -0.294 e. The van der Waals surface area contributed by atoms with Crippen LogP contribution in [0.15, 0.2) is 64.2 Å². The van der Waals surface area contributed by atoms with Gasteiger partial charge in [0.2, 0.25) is 0 Å². The Kier molecular flexibility index (Phi) is 4.64. The van der Waals surface area contributed by atoms with Gasteiger partial charge >= 0.3 is 0 Å². The van der Waals surface area contributed by atoms with Crippen molar-refractivity contribution in [1.82, 2.24) is 15.2 Å². The number of aromatic amines is 1. The van der Waals surface area contributed by atoms with Crippen LogP contribution in [0.1, 0.15) is 33.7 Å². The van der Waals surface area contributed by atoms with Crippen LogP contribution < -0.4 is 0 Å². The second-order valence-electron chi connectivity index (χ2n) is 6.77. The van der Waals surface area contributed by atoms with Crippen molar-refractivity contribution < 1.29 is 13.2 Å². The minimum absolute atomic E-state index is 0.0429. The molecule has 0 fully saturated rings. The topological polar surface area (TPSA) is 105 Å². The molecule has 0 saturated carbocycles. The average Bonchev–Trinajstić information content (AvgIpc) is 3.19. The highest BCUT2D eigenvalue weighted by Gasteiger charge is 2.33. The molecule has 0 aliphatic heterocycles. The molecule has 142 valence electrons. The van der Waals surface area contributed by atoms with Crippen LogP contribution in [0.5, 0.6) is 0 Å². The van der Waals surface area contributed by atoms with Gasteiger partial charge in [-0.25, -0.2) is 4.98 Å². The second kappa shape index (κ2) is 7.12. The fourth-order valence-electron chi connectivity index (χ4n) is 3.33. The van der Waals surface area contributed by atoms with Crippen LogP contribution >= 0.6 is 0 Å². The van der Waals surface area contributed by atoms with E-state index in [1.165, 1.54) is 6.33 Å². The van der Waals surface area contributed by atoms with E-state index in [1.807, 2.05) is 6.92 Å². The number of fused-ring (bicyclic) bond motifs is 1. The van der Waals surface area contributed by atoms with E-state index in [2.05, 4.69) is 19.6 Å². The van der Waals surface area contributed by atoms with Crippen molar-refractivity contribution in [2.45, 2.75) is 24.7 Å². The Morgan fingerprint density at radius 2 is 1.82 bits per heavy atom. The van der Waals surface area contributed by atoms with Crippen molar-refractivity contribution in [2.24, 2.45) is 10.3 Å². The van der Waals surface area contributed by atoms with Crippen molar-refractivity contribution in [2.75, 3.05) is 0 Å². The van der Waals surface area contributed by atoms with E-state index < -0.39 is 15.9 Å². The summed E-state index contributed by atoms with van der Waals surface area (Å²) >= 11 is 0. The average molecular weight is 394 g/mol. The third-order valence-corrected chi connectivity index (χ3v) is 6.10. The summed E-state index contributed by atoms with van der Waals surface area (Å²) in [6, 6.07) is 13.5. The zero-order valence-electron chi connectivity index (χ0n) is 15.2. The number of Topliss-reactive ketones (excluding diaryl/α,β-unsaturated/α-hetero) is 1. The molecule has 0 saturated heterocycles. The lowest BCUT2D eigenvalue weighted by Gasteiger charge is -2.24. The highest BCUT2D eigenvalue weighted by atomic mass is 32.2. The summed E-state index contributed by atoms with van der Waals surface area (Å²) in [5, 5.41) is 6.56. The molecule has 0 amide bonds.